The van der Waals surface area contributed by atoms with Gasteiger partial charge >= 0.3 is 6.09 Å². The lowest BCUT2D eigenvalue weighted by Crippen LogP contribution is -2.18. The van der Waals surface area contributed by atoms with Gasteiger partial charge < -0.3 is 10.5 Å². The Hall–Kier alpha value is -2.98. The maximum absolute atomic E-state index is 12.3. The van der Waals surface area contributed by atoms with Crippen molar-refractivity contribution in [3.63, 3.8) is 0 Å². The SMILES string of the molecule is Cc1ccc(N)cc1NC(=O)OCC1c2ccccc2-c2ccccc21.Cl. The fraction of sp³-hybridized carbons (Fsp3) is 0.136. The molecule has 27 heavy (non-hydrogen) atoms. The van der Waals surface area contributed by atoms with Gasteiger partial charge in [-0.25, -0.2) is 4.79 Å². The van der Waals surface area contributed by atoms with E-state index in [1.54, 1.807) is 12.1 Å². The summed E-state index contributed by atoms with van der Waals surface area (Å²) in [5.74, 6) is 0.0510. The smallest absolute Gasteiger partial charge is 0.411 e. The first-order valence-corrected chi connectivity index (χ1v) is 8.61. The van der Waals surface area contributed by atoms with Crippen LogP contribution in [-0.2, 0) is 4.74 Å². The van der Waals surface area contributed by atoms with Crippen molar-refractivity contribution in [2.24, 2.45) is 0 Å². The number of halogens is 1. The first kappa shape index (κ1) is 18.8. The molecule has 0 saturated carbocycles. The molecule has 0 unspecified atom stereocenters. The summed E-state index contributed by atoms with van der Waals surface area (Å²) in [4.78, 5) is 12.3. The highest BCUT2D eigenvalue weighted by Crippen LogP contribution is 2.44. The Kier molecular flexibility index (Phi) is 5.38. The van der Waals surface area contributed by atoms with Gasteiger partial charge in [0.15, 0.2) is 0 Å². The summed E-state index contributed by atoms with van der Waals surface area (Å²) < 4.78 is 5.55. The number of carbonyl (C=O) groups is 1. The quantitative estimate of drug-likeness (QED) is 0.601. The molecule has 4 nitrogen and oxygen atoms in total. The topological polar surface area (TPSA) is 64.3 Å². The highest BCUT2D eigenvalue weighted by molar-refractivity contribution is 5.87. The summed E-state index contributed by atoms with van der Waals surface area (Å²) in [6.07, 6.45) is -0.472. The molecule has 5 heteroatoms. The maximum Gasteiger partial charge on any atom is 0.411 e. The molecule has 0 fully saturated rings. The average molecular weight is 381 g/mol. The van der Waals surface area contributed by atoms with Crippen LogP contribution in [0.1, 0.15) is 22.6 Å². The summed E-state index contributed by atoms with van der Waals surface area (Å²) >= 11 is 0. The third kappa shape index (κ3) is 3.62. The number of anilines is 2. The number of nitrogen functional groups attached to an aromatic ring is 1. The number of benzene rings is 3. The van der Waals surface area contributed by atoms with Crippen LogP contribution in [0, 0.1) is 6.92 Å². The number of nitrogens with one attached hydrogen (secondary N) is 1. The molecule has 0 bridgehead atoms. The summed E-state index contributed by atoms with van der Waals surface area (Å²) in [6.45, 7) is 2.21. The van der Waals surface area contributed by atoms with Crippen molar-refractivity contribution < 1.29 is 9.53 Å². The number of hydrogen-bond acceptors (Lipinski definition) is 3. The van der Waals surface area contributed by atoms with E-state index >= 15 is 0 Å². The Bertz CT molecular complexity index is 942. The summed E-state index contributed by atoms with van der Waals surface area (Å²) in [5, 5.41) is 2.78. The van der Waals surface area contributed by atoms with Crippen LogP contribution in [0.25, 0.3) is 11.1 Å². The van der Waals surface area contributed by atoms with Crippen molar-refractivity contribution in [2.75, 3.05) is 17.7 Å². The minimum absolute atomic E-state index is 0. The Morgan fingerprint density at radius 1 is 1.00 bits per heavy atom. The lowest BCUT2D eigenvalue weighted by molar-refractivity contribution is 0.158. The van der Waals surface area contributed by atoms with E-state index in [9.17, 15) is 4.79 Å². The molecule has 1 aliphatic carbocycles. The monoisotopic (exact) mass is 380 g/mol. The molecule has 0 aliphatic heterocycles. The lowest BCUT2D eigenvalue weighted by Gasteiger charge is -2.15. The summed E-state index contributed by atoms with van der Waals surface area (Å²) in [6, 6.07) is 22.0. The number of aryl methyl sites for hydroxylation is 1. The van der Waals surface area contributed by atoms with Crippen LogP contribution >= 0.6 is 12.4 Å². The number of ether oxygens (including phenoxy) is 1. The highest BCUT2D eigenvalue weighted by Gasteiger charge is 2.29. The predicted molar refractivity (Wildman–Crippen MR) is 112 cm³/mol. The molecule has 0 aromatic heterocycles. The first-order chi connectivity index (χ1) is 12.6. The average Bonchev–Trinajstić information content (AvgIpc) is 2.97. The number of amides is 1. The van der Waals surface area contributed by atoms with E-state index in [0.29, 0.717) is 18.0 Å². The van der Waals surface area contributed by atoms with Crippen molar-refractivity contribution in [3.8, 4) is 11.1 Å². The van der Waals surface area contributed by atoms with Crippen LogP contribution in [-0.4, -0.2) is 12.7 Å². The zero-order valence-electron chi connectivity index (χ0n) is 14.9. The fourth-order valence-electron chi connectivity index (χ4n) is 3.52. The number of nitrogens with two attached hydrogens (primary N) is 1. The molecule has 0 heterocycles. The highest BCUT2D eigenvalue weighted by atomic mass is 35.5. The van der Waals surface area contributed by atoms with E-state index in [4.69, 9.17) is 10.5 Å². The molecule has 3 N–H and O–H groups in total. The number of fused-ring (bicyclic) bond motifs is 3. The standard InChI is InChI=1S/C22H20N2O2.ClH/c1-14-10-11-15(23)12-21(14)24-22(25)26-13-20-18-8-4-2-6-16(18)17-7-3-5-9-19(17)20;/h2-12,20H,13,23H2,1H3,(H,24,25);1H. The largest absolute Gasteiger partial charge is 0.448 e. The molecule has 0 spiro atoms. The van der Waals surface area contributed by atoms with Gasteiger partial charge in [-0.15, -0.1) is 12.4 Å². The van der Waals surface area contributed by atoms with Crippen LogP contribution in [0.2, 0.25) is 0 Å². The van der Waals surface area contributed by atoms with E-state index in [-0.39, 0.29) is 18.3 Å². The molecular formula is C22H21ClN2O2. The van der Waals surface area contributed by atoms with Crippen LogP contribution in [0.3, 0.4) is 0 Å². The molecule has 138 valence electrons. The fourth-order valence-corrected chi connectivity index (χ4v) is 3.52. The van der Waals surface area contributed by atoms with Crippen LogP contribution in [0.5, 0.6) is 0 Å². The van der Waals surface area contributed by atoms with Crippen LogP contribution in [0.15, 0.2) is 66.7 Å². The summed E-state index contributed by atoms with van der Waals surface area (Å²) in [5.41, 5.74) is 12.8. The predicted octanol–water partition coefficient (Wildman–Crippen LogP) is 5.36. The Balaban J connectivity index is 0.00000210. The zero-order chi connectivity index (χ0) is 18.1. The second-order valence-electron chi connectivity index (χ2n) is 6.52. The summed E-state index contributed by atoms with van der Waals surface area (Å²) in [7, 11) is 0. The van der Waals surface area contributed by atoms with E-state index in [1.807, 2.05) is 37.3 Å². The second-order valence-corrected chi connectivity index (χ2v) is 6.52. The Labute approximate surface area is 164 Å². The van der Waals surface area contributed by atoms with E-state index < -0.39 is 6.09 Å². The molecule has 4 rings (SSSR count). The normalized spacial score (nSPS) is 11.9. The molecule has 0 atom stereocenters. The van der Waals surface area contributed by atoms with Crippen molar-refractivity contribution >= 4 is 29.9 Å². The number of carbonyl (C=O) groups excluding carboxylic acids is 1. The van der Waals surface area contributed by atoms with Gasteiger partial charge in [0, 0.05) is 17.3 Å². The second kappa shape index (κ2) is 7.72. The van der Waals surface area contributed by atoms with Crippen LogP contribution in [0.4, 0.5) is 16.2 Å². The zero-order valence-corrected chi connectivity index (χ0v) is 15.8. The van der Waals surface area contributed by atoms with E-state index in [1.165, 1.54) is 22.3 Å². The third-order valence-corrected chi connectivity index (χ3v) is 4.84. The van der Waals surface area contributed by atoms with E-state index in [0.717, 1.165) is 5.56 Å². The number of hydrogen-bond donors (Lipinski definition) is 2. The third-order valence-electron chi connectivity index (χ3n) is 4.84. The van der Waals surface area contributed by atoms with Crippen molar-refractivity contribution in [2.45, 2.75) is 12.8 Å². The molecule has 1 aliphatic rings. The van der Waals surface area contributed by atoms with Gasteiger partial charge in [0.2, 0.25) is 0 Å². The van der Waals surface area contributed by atoms with Gasteiger partial charge in [-0.2, -0.15) is 0 Å². The molecular weight excluding hydrogens is 360 g/mol. The lowest BCUT2D eigenvalue weighted by atomic mass is 9.98. The minimum atomic E-state index is -0.472. The molecule has 0 radical (unpaired) electrons. The maximum atomic E-state index is 12.3. The molecule has 0 saturated heterocycles. The molecule has 3 aromatic carbocycles. The van der Waals surface area contributed by atoms with Gasteiger partial charge in [-0.3, -0.25) is 5.32 Å². The Morgan fingerprint density at radius 2 is 1.59 bits per heavy atom. The van der Waals surface area contributed by atoms with Crippen molar-refractivity contribution in [1.29, 1.82) is 0 Å². The van der Waals surface area contributed by atoms with Gasteiger partial charge in [0.25, 0.3) is 0 Å². The van der Waals surface area contributed by atoms with Gasteiger partial charge in [0.1, 0.15) is 6.61 Å². The molecule has 3 aromatic rings. The van der Waals surface area contributed by atoms with Gasteiger partial charge in [-0.05, 0) is 46.9 Å². The Morgan fingerprint density at radius 3 is 2.22 bits per heavy atom. The number of rotatable bonds is 3. The van der Waals surface area contributed by atoms with Gasteiger partial charge in [0.05, 0.1) is 0 Å². The minimum Gasteiger partial charge on any atom is -0.448 e. The van der Waals surface area contributed by atoms with Gasteiger partial charge in [-0.1, -0.05) is 54.6 Å². The molecule has 1 amide bonds. The van der Waals surface area contributed by atoms with E-state index in [2.05, 4.69) is 29.6 Å². The first-order valence-electron chi connectivity index (χ1n) is 8.61. The van der Waals surface area contributed by atoms with Crippen molar-refractivity contribution in [3.05, 3.63) is 83.4 Å². The van der Waals surface area contributed by atoms with Crippen LogP contribution < -0.4 is 11.1 Å². The van der Waals surface area contributed by atoms with Crippen molar-refractivity contribution in [1.82, 2.24) is 0 Å².